The van der Waals surface area contributed by atoms with Crippen LogP contribution in [0.3, 0.4) is 0 Å². The van der Waals surface area contributed by atoms with Crippen LogP contribution in [0.15, 0.2) is 12.7 Å². The number of carbonyl (C=O) groups excluding carboxylic acids is 1. The second kappa shape index (κ2) is 5.91. The van der Waals surface area contributed by atoms with Crippen molar-refractivity contribution in [3.63, 3.8) is 0 Å². The molecule has 0 aromatic rings. The smallest absolute Gasteiger partial charge is 0.223 e. The maximum absolute atomic E-state index is 12.0. The summed E-state index contributed by atoms with van der Waals surface area (Å²) in [6.07, 6.45) is 3.61. The second-order valence-electron chi connectivity index (χ2n) is 4.49. The Morgan fingerprint density at radius 3 is 2.87 bits per heavy atom. The van der Waals surface area contributed by atoms with Crippen molar-refractivity contribution in [1.82, 2.24) is 10.2 Å². The minimum Gasteiger partial charge on any atom is -0.337 e. The zero-order valence-corrected chi connectivity index (χ0v) is 9.83. The first-order valence-electron chi connectivity index (χ1n) is 5.76. The van der Waals surface area contributed by atoms with Gasteiger partial charge in [-0.05, 0) is 39.3 Å². The molecule has 1 aliphatic heterocycles. The average Bonchev–Trinajstić information content (AvgIpc) is 2.65. The predicted molar refractivity (Wildman–Crippen MR) is 62.6 cm³/mol. The number of nitrogens with one attached hydrogen (secondary N) is 1. The molecule has 0 bridgehead atoms. The standard InChI is InChI=1S/C12H22N2O/c1-4-7-14(10(2)3)12(15)8-11-5-6-13-9-11/h4,10-11,13H,1,5-9H2,2-3H3. The fourth-order valence-electron chi connectivity index (χ4n) is 1.99. The zero-order valence-electron chi connectivity index (χ0n) is 9.83. The van der Waals surface area contributed by atoms with E-state index >= 15 is 0 Å². The van der Waals surface area contributed by atoms with E-state index in [4.69, 9.17) is 0 Å². The molecular weight excluding hydrogens is 188 g/mol. The van der Waals surface area contributed by atoms with Gasteiger partial charge in [0.2, 0.25) is 5.91 Å². The zero-order chi connectivity index (χ0) is 11.3. The molecule has 1 saturated heterocycles. The maximum Gasteiger partial charge on any atom is 0.223 e. The summed E-state index contributed by atoms with van der Waals surface area (Å²) in [5, 5.41) is 3.29. The van der Waals surface area contributed by atoms with E-state index in [1.807, 2.05) is 18.7 Å². The first-order chi connectivity index (χ1) is 7.15. The average molecular weight is 210 g/mol. The lowest BCUT2D eigenvalue weighted by Crippen LogP contribution is -2.38. The highest BCUT2D eigenvalue weighted by atomic mass is 16.2. The summed E-state index contributed by atoms with van der Waals surface area (Å²) < 4.78 is 0. The van der Waals surface area contributed by atoms with Crippen molar-refractivity contribution in [2.24, 2.45) is 5.92 Å². The fourth-order valence-corrected chi connectivity index (χ4v) is 1.99. The minimum absolute atomic E-state index is 0.263. The molecule has 1 heterocycles. The molecule has 1 N–H and O–H groups in total. The quantitative estimate of drug-likeness (QED) is 0.696. The van der Waals surface area contributed by atoms with E-state index in [2.05, 4.69) is 11.9 Å². The highest BCUT2D eigenvalue weighted by molar-refractivity contribution is 5.77. The van der Waals surface area contributed by atoms with Crippen LogP contribution in [0.25, 0.3) is 0 Å². The molecule has 15 heavy (non-hydrogen) atoms. The van der Waals surface area contributed by atoms with Crippen molar-refractivity contribution in [3.05, 3.63) is 12.7 Å². The first-order valence-corrected chi connectivity index (χ1v) is 5.76. The van der Waals surface area contributed by atoms with Crippen molar-refractivity contribution in [1.29, 1.82) is 0 Å². The highest BCUT2D eigenvalue weighted by Crippen LogP contribution is 2.14. The molecule has 0 aromatic heterocycles. The van der Waals surface area contributed by atoms with E-state index in [1.165, 1.54) is 0 Å². The molecule has 0 radical (unpaired) electrons. The Hall–Kier alpha value is -0.830. The van der Waals surface area contributed by atoms with Crippen LogP contribution in [0, 0.1) is 5.92 Å². The first kappa shape index (κ1) is 12.2. The molecule has 1 rings (SSSR count). The van der Waals surface area contributed by atoms with Gasteiger partial charge in [0.25, 0.3) is 0 Å². The molecule has 1 atom stereocenters. The van der Waals surface area contributed by atoms with E-state index in [0.29, 0.717) is 18.9 Å². The van der Waals surface area contributed by atoms with E-state index in [0.717, 1.165) is 19.5 Å². The van der Waals surface area contributed by atoms with Crippen molar-refractivity contribution in [2.75, 3.05) is 19.6 Å². The van der Waals surface area contributed by atoms with Gasteiger partial charge in [-0.3, -0.25) is 4.79 Å². The topological polar surface area (TPSA) is 32.3 Å². The molecule has 86 valence electrons. The molecule has 0 aromatic carbocycles. The molecule has 1 aliphatic rings. The van der Waals surface area contributed by atoms with Crippen LogP contribution < -0.4 is 5.32 Å². The Bertz CT molecular complexity index is 220. The molecule has 3 nitrogen and oxygen atoms in total. The van der Waals surface area contributed by atoms with Gasteiger partial charge in [0.1, 0.15) is 0 Å². The van der Waals surface area contributed by atoms with E-state index in [-0.39, 0.29) is 11.9 Å². The lowest BCUT2D eigenvalue weighted by Gasteiger charge is -2.26. The summed E-state index contributed by atoms with van der Waals surface area (Å²) >= 11 is 0. The van der Waals surface area contributed by atoms with Crippen molar-refractivity contribution >= 4 is 5.91 Å². The van der Waals surface area contributed by atoms with Gasteiger partial charge in [-0.25, -0.2) is 0 Å². The van der Waals surface area contributed by atoms with Crippen LogP contribution in [-0.4, -0.2) is 36.5 Å². The summed E-state index contributed by atoms with van der Waals surface area (Å²) in [6.45, 7) is 10.5. The maximum atomic E-state index is 12.0. The van der Waals surface area contributed by atoms with Crippen LogP contribution in [-0.2, 0) is 4.79 Å². The van der Waals surface area contributed by atoms with Crippen LogP contribution >= 0.6 is 0 Å². The van der Waals surface area contributed by atoms with Gasteiger partial charge >= 0.3 is 0 Å². The predicted octanol–water partition coefficient (Wildman–Crippen LogP) is 1.41. The third-order valence-electron chi connectivity index (χ3n) is 2.90. The number of carbonyl (C=O) groups is 1. The number of hydrogen-bond donors (Lipinski definition) is 1. The van der Waals surface area contributed by atoms with Gasteiger partial charge in [0.15, 0.2) is 0 Å². The van der Waals surface area contributed by atoms with Gasteiger partial charge in [-0.2, -0.15) is 0 Å². The van der Waals surface area contributed by atoms with Crippen LogP contribution in [0.4, 0.5) is 0 Å². The Labute approximate surface area is 92.5 Å². The summed E-state index contributed by atoms with van der Waals surface area (Å²) in [5.74, 6) is 0.794. The third-order valence-corrected chi connectivity index (χ3v) is 2.90. The molecule has 0 spiro atoms. The third kappa shape index (κ3) is 3.67. The number of amides is 1. The largest absolute Gasteiger partial charge is 0.337 e. The van der Waals surface area contributed by atoms with E-state index in [9.17, 15) is 4.79 Å². The van der Waals surface area contributed by atoms with Crippen LogP contribution in [0.5, 0.6) is 0 Å². The highest BCUT2D eigenvalue weighted by Gasteiger charge is 2.22. The Morgan fingerprint density at radius 1 is 1.67 bits per heavy atom. The van der Waals surface area contributed by atoms with Gasteiger partial charge < -0.3 is 10.2 Å². The van der Waals surface area contributed by atoms with Crippen molar-refractivity contribution in [3.8, 4) is 0 Å². The van der Waals surface area contributed by atoms with Gasteiger partial charge in [-0.15, -0.1) is 6.58 Å². The number of hydrogen-bond acceptors (Lipinski definition) is 2. The van der Waals surface area contributed by atoms with Crippen molar-refractivity contribution < 1.29 is 4.79 Å². The summed E-state index contributed by atoms with van der Waals surface area (Å²) in [4.78, 5) is 13.9. The monoisotopic (exact) mass is 210 g/mol. The van der Waals surface area contributed by atoms with Crippen LogP contribution in [0.1, 0.15) is 26.7 Å². The van der Waals surface area contributed by atoms with Gasteiger partial charge in [0, 0.05) is 19.0 Å². The van der Waals surface area contributed by atoms with Gasteiger partial charge in [-0.1, -0.05) is 6.08 Å². The molecule has 1 fully saturated rings. The Balaban J connectivity index is 2.43. The molecule has 1 amide bonds. The van der Waals surface area contributed by atoms with Gasteiger partial charge in [0.05, 0.1) is 0 Å². The SMILES string of the molecule is C=CCN(C(=O)CC1CCNC1)C(C)C. The molecular formula is C12H22N2O. The molecule has 3 heteroatoms. The minimum atomic E-state index is 0.263. The fraction of sp³-hybridized carbons (Fsp3) is 0.750. The summed E-state index contributed by atoms with van der Waals surface area (Å²) in [7, 11) is 0. The molecule has 1 unspecified atom stereocenters. The Kier molecular flexibility index (Phi) is 4.82. The van der Waals surface area contributed by atoms with Crippen molar-refractivity contribution in [2.45, 2.75) is 32.7 Å². The van der Waals surface area contributed by atoms with Crippen LogP contribution in [0.2, 0.25) is 0 Å². The van der Waals surface area contributed by atoms with E-state index < -0.39 is 0 Å². The molecule has 0 saturated carbocycles. The second-order valence-corrected chi connectivity index (χ2v) is 4.49. The lowest BCUT2D eigenvalue weighted by molar-refractivity contribution is -0.133. The lowest BCUT2D eigenvalue weighted by atomic mass is 10.0. The van der Waals surface area contributed by atoms with E-state index in [1.54, 1.807) is 6.08 Å². The summed E-state index contributed by atoms with van der Waals surface area (Å²) in [6, 6.07) is 0.268. The molecule has 0 aliphatic carbocycles. The summed E-state index contributed by atoms with van der Waals surface area (Å²) in [5.41, 5.74) is 0. The number of rotatable bonds is 5. The normalized spacial score (nSPS) is 20.6. The number of nitrogens with zero attached hydrogens (tertiary/aromatic N) is 1. The Morgan fingerprint density at radius 2 is 2.40 bits per heavy atom.